The number of hydrogen-bond donors (Lipinski definition) is 1. The Balaban J connectivity index is 1.60. The van der Waals surface area contributed by atoms with Crippen LogP contribution >= 0.6 is 0 Å². The quantitative estimate of drug-likeness (QED) is 0.915. The monoisotopic (exact) mass is 342 g/mol. The van der Waals surface area contributed by atoms with E-state index in [0.717, 1.165) is 0 Å². The van der Waals surface area contributed by atoms with E-state index in [1.165, 1.54) is 23.1 Å². The van der Waals surface area contributed by atoms with Crippen molar-refractivity contribution in [2.45, 2.75) is 30.8 Å². The second-order valence-electron chi connectivity index (χ2n) is 6.81. The fraction of sp³-hybridized carbons (Fsp3) is 0.588. The first kappa shape index (κ1) is 17.2. The molecule has 24 heavy (non-hydrogen) atoms. The third kappa shape index (κ3) is 3.72. The van der Waals surface area contributed by atoms with E-state index in [9.17, 15) is 23.1 Å². The van der Waals surface area contributed by atoms with Crippen molar-refractivity contribution in [1.82, 2.24) is 9.80 Å². The molecule has 0 bridgehead atoms. The standard InChI is InChI=1S/C17H21F3N2O2/c18-14-4-2-1-3-13(14)15(23)22-10-5-16(24,12-22)11-21-8-6-17(19,20)7-9-21/h1-4,24H,5-12H2. The first-order chi connectivity index (χ1) is 11.3. The summed E-state index contributed by atoms with van der Waals surface area (Å²) in [5, 5.41) is 10.7. The smallest absolute Gasteiger partial charge is 0.256 e. The van der Waals surface area contributed by atoms with Crippen LogP contribution in [0.5, 0.6) is 0 Å². The molecule has 0 aromatic heterocycles. The summed E-state index contributed by atoms with van der Waals surface area (Å²) in [4.78, 5) is 15.6. The van der Waals surface area contributed by atoms with E-state index in [1.807, 2.05) is 4.90 Å². The summed E-state index contributed by atoms with van der Waals surface area (Å²) in [5.41, 5.74) is -1.15. The van der Waals surface area contributed by atoms with E-state index in [2.05, 4.69) is 0 Å². The molecule has 1 N–H and O–H groups in total. The molecule has 0 spiro atoms. The molecule has 1 unspecified atom stereocenters. The van der Waals surface area contributed by atoms with E-state index in [0.29, 0.717) is 13.0 Å². The zero-order valence-corrected chi connectivity index (χ0v) is 13.4. The minimum absolute atomic E-state index is 0.0145. The van der Waals surface area contributed by atoms with E-state index in [4.69, 9.17) is 0 Å². The summed E-state index contributed by atoms with van der Waals surface area (Å²) in [5.74, 6) is -3.66. The summed E-state index contributed by atoms with van der Waals surface area (Å²) in [7, 11) is 0. The van der Waals surface area contributed by atoms with Gasteiger partial charge >= 0.3 is 0 Å². The van der Waals surface area contributed by atoms with E-state index in [1.54, 1.807) is 6.07 Å². The Morgan fingerprint density at radius 3 is 2.46 bits per heavy atom. The second kappa shape index (κ2) is 6.37. The van der Waals surface area contributed by atoms with Gasteiger partial charge in [0, 0.05) is 39.0 Å². The van der Waals surface area contributed by atoms with Crippen molar-refractivity contribution >= 4 is 5.91 Å². The first-order valence-corrected chi connectivity index (χ1v) is 8.14. The molecule has 2 heterocycles. The molecular formula is C17H21F3N2O2. The van der Waals surface area contributed by atoms with Crippen molar-refractivity contribution in [2.24, 2.45) is 0 Å². The van der Waals surface area contributed by atoms with Gasteiger partial charge in [0.25, 0.3) is 11.8 Å². The van der Waals surface area contributed by atoms with Crippen LogP contribution < -0.4 is 0 Å². The first-order valence-electron chi connectivity index (χ1n) is 8.14. The van der Waals surface area contributed by atoms with Crippen molar-refractivity contribution in [3.05, 3.63) is 35.6 Å². The molecule has 1 aromatic carbocycles. The Hall–Kier alpha value is -1.60. The van der Waals surface area contributed by atoms with Crippen LogP contribution in [-0.4, -0.2) is 65.1 Å². The number of alkyl halides is 2. The molecule has 2 aliphatic rings. The number of aliphatic hydroxyl groups is 1. The maximum absolute atomic E-state index is 13.7. The van der Waals surface area contributed by atoms with Crippen LogP contribution in [-0.2, 0) is 0 Å². The van der Waals surface area contributed by atoms with Crippen LogP contribution in [0.1, 0.15) is 29.6 Å². The van der Waals surface area contributed by atoms with Gasteiger partial charge in [-0.2, -0.15) is 0 Å². The van der Waals surface area contributed by atoms with Gasteiger partial charge < -0.3 is 10.0 Å². The van der Waals surface area contributed by atoms with Crippen LogP contribution in [0.2, 0.25) is 0 Å². The van der Waals surface area contributed by atoms with Crippen molar-refractivity contribution < 1.29 is 23.1 Å². The molecule has 0 saturated carbocycles. The van der Waals surface area contributed by atoms with Gasteiger partial charge in [0.2, 0.25) is 0 Å². The number of hydrogen-bond acceptors (Lipinski definition) is 3. The van der Waals surface area contributed by atoms with Crippen molar-refractivity contribution in [1.29, 1.82) is 0 Å². The number of likely N-dealkylation sites (tertiary alicyclic amines) is 2. The van der Waals surface area contributed by atoms with Crippen molar-refractivity contribution in [2.75, 3.05) is 32.7 Å². The Morgan fingerprint density at radius 1 is 1.12 bits per heavy atom. The number of carbonyl (C=O) groups excluding carboxylic acids is 1. The maximum atomic E-state index is 13.7. The van der Waals surface area contributed by atoms with Gasteiger partial charge in [0.15, 0.2) is 0 Å². The third-order valence-electron chi connectivity index (χ3n) is 4.83. The van der Waals surface area contributed by atoms with Gasteiger partial charge in [0.05, 0.1) is 17.7 Å². The minimum Gasteiger partial charge on any atom is -0.387 e. The van der Waals surface area contributed by atoms with E-state index >= 15 is 0 Å². The highest BCUT2D eigenvalue weighted by atomic mass is 19.3. The van der Waals surface area contributed by atoms with Crippen LogP contribution in [0.25, 0.3) is 0 Å². The molecule has 2 fully saturated rings. The topological polar surface area (TPSA) is 43.8 Å². The summed E-state index contributed by atoms with van der Waals surface area (Å²) in [6, 6.07) is 5.75. The van der Waals surface area contributed by atoms with Gasteiger partial charge in [-0.05, 0) is 18.6 Å². The largest absolute Gasteiger partial charge is 0.387 e. The molecule has 1 aromatic rings. The van der Waals surface area contributed by atoms with Gasteiger partial charge in [-0.25, -0.2) is 13.2 Å². The van der Waals surface area contributed by atoms with Crippen molar-refractivity contribution in [3.8, 4) is 0 Å². The van der Waals surface area contributed by atoms with E-state index < -0.39 is 23.2 Å². The lowest BCUT2D eigenvalue weighted by atomic mass is 10.00. The average Bonchev–Trinajstić information content (AvgIpc) is 2.92. The number of nitrogens with zero attached hydrogens (tertiary/aromatic N) is 2. The van der Waals surface area contributed by atoms with Gasteiger partial charge in [-0.1, -0.05) is 12.1 Å². The Labute approximate surface area is 138 Å². The molecule has 0 aliphatic carbocycles. The van der Waals surface area contributed by atoms with Gasteiger partial charge in [-0.3, -0.25) is 9.69 Å². The number of β-amino-alcohol motifs (C(OH)–C–C–N with tert-alkyl or cyclic N) is 1. The van der Waals surface area contributed by atoms with Crippen LogP contribution in [0.3, 0.4) is 0 Å². The highest BCUT2D eigenvalue weighted by Gasteiger charge is 2.42. The zero-order chi connectivity index (χ0) is 17.4. The minimum atomic E-state index is -2.62. The molecular weight excluding hydrogens is 321 g/mol. The lowest BCUT2D eigenvalue weighted by Gasteiger charge is -2.36. The summed E-state index contributed by atoms with van der Waals surface area (Å²) in [6.07, 6.45) is -0.0536. The molecule has 7 heteroatoms. The van der Waals surface area contributed by atoms with Crippen molar-refractivity contribution in [3.63, 3.8) is 0 Å². The Bertz CT molecular complexity index is 616. The summed E-state index contributed by atoms with van der Waals surface area (Å²) < 4.78 is 40.1. The van der Waals surface area contributed by atoms with Gasteiger partial charge in [0.1, 0.15) is 5.82 Å². The SMILES string of the molecule is O=C(c1ccccc1F)N1CCC(O)(CN2CCC(F)(F)CC2)C1. The second-order valence-corrected chi connectivity index (χ2v) is 6.81. The molecule has 2 aliphatic heterocycles. The fourth-order valence-electron chi connectivity index (χ4n) is 3.42. The lowest BCUT2D eigenvalue weighted by Crippen LogP contribution is -2.49. The highest BCUT2D eigenvalue weighted by Crippen LogP contribution is 2.30. The number of halogens is 3. The highest BCUT2D eigenvalue weighted by molar-refractivity contribution is 5.94. The predicted molar refractivity (Wildman–Crippen MR) is 82.5 cm³/mol. The summed E-state index contributed by atoms with van der Waals surface area (Å²) >= 11 is 0. The third-order valence-corrected chi connectivity index (χ3v) is 4.83. The van der Waals surface area contributed by atoms with Crippen LogP contribution in [0.15, 0.2) is 24.3 Å². The maximum Gasteiger partial charge on any atom is 0.256 e. The lowest BCUT2D eigenvalue weighted by molar-refractivity contribution is -0.0720. The number of benzene rings is 1. The molecule has 2 saturated heterocycles. The fourth-order valence-corrected chi connectivity index (χ4v) is 3.42. The molecule has 1 amide bonds. The number of carbonyl (C=O) groups is 1. The average molecular weight is 342 g/mol. The predicted octanol–water partition coefficient (Wildman–Crippen LogP) is 2.13. The molecule has 1 atom stereocenters. The summed E-state index contributed by atoms with van der Waals surface area (Å²) in [6.45, 7) is 1.14. The molecule has 3 rings (SSSR count). The number of rotatable bonds is 3. The normalized spacial score (nSPS) is 27.4. The van der Waals surface area contributed by atoms with E-state index in [-0.39, 0.29) is 44.6 Å². The molecule has 4 nitrogen and oxygen atoms in total. The molecule has 132 valence electrons. The number of amides is 1. The van der Waals surface area contributed by atoms with Gasteiger partial charge in [-0.15, -0.1) is 0 Å². The molecule has 0 radical (unpaired) electrons. The number of piperidine rings is 1. The van der Waals surface area contributed by atoms with Crippen LogP contribution in [0, 0.1) is 5.82 Å². The van der Waals surface area contributed by atoms with Crippen LogP contribution in [0.4, 0.5) is 13.2 Å². The Morgan fingerprint density at radius 2 is 1.79 bits per heavy atom. The Kier molecular flexibility index (Phi) is 4.57. The zero-order valence-electron chi connectivity index (χ0n) is 13.4.